The molecule has 0 aromatic heterocycles. The molecule has 1 amide bonds. The molecule has 0 spiro atoms. The highest BCUT2D eigenvalue weighted by Gasteiger charge is 2.50. The van der Waals surface area contributed by atoms with Gasteiger partial charge in [-0.15, -0.1) is 11.8 Å². The summed E-state index contributed by atoms with van der Waals surface area (Å²) < 4.78 is 36.6. The Hall–Kier alpha value is -2.01. The van der Waals surface area contributed by atoms with Crippen molar-refractivity contribution in [3.63, 3.8) is 0 Å². The first-order valence-electron chi connectivity index (χ1n) is 15.0. The number of ether oxygens (including phenoxy) is 4. The predicted molar refractivity (Wildman–Crippen MR) is 166 cm³/mol. The third kappa shape index (κ3) is 15.3. The maximum atomic E-state index is 12.1. The molecule has 0 aromatic rings. The van der Waals surface area contributed by atoms with Crippen molar-refractivity contribution in [1.82, 2.24) is 9.99 Å². The number of nitrogens with zero attached hydrogens (tertiary/aromatic N) is 2. The fourth-order valence-corrected chi connectivity index (χ4v) is 7.53. The van der Waals surface area contributed by atoms with Crippen LogP contribution in [0.2, 0.25) is 0 Å². The van der Waals surface area contributed by atoms with Crippen molar-refractivity contribution >= 4 is 44.1 Å². The summed E-state index contributed by atoms with van der Waals surface area (Å²) in [5.41, 5.74) is -0.661. The first-order valence-corrected chi connectivity index (χ1v) is 17.2. The lowest BCUT2D eigenvalue weighted by molar-refractivity contribution is -0.211. The molecule has 1 heterocycles. The molecule has 1 fully saturated rings. The summed E-state index contributed by atoms with van der Waals surface area (Å²) in [6.07, 6.45) is 0.779. The summed E-state index contributed by atoms with van der Waals surface area (Å²) in [7, 11) is -1.27. The van der Waals surface area contributed by atoms with Crippen LogP contribution < -0.4 is 5.32 Å². The minimum Gasteiger partial charge on any atom is -0.463 e. The van der Waals surface area contributed by atoms with E-state index in [1.807, 2.05) is 0 Å². The molecule has 0 bridgehead atoms. The molecule has 6 unspecified atom stereocenters. The van der Waals surface area contributed by atoms with Gasteiger partial charge in [-0.05, 0) is 46.3 Å². The van der Waals surface area contributed by atoms with Gasteiger partial charge in [0, 0.05) is 39.8 Å². The minimum absolute atomic E-state index is 0.220. The average molecular weight is 664 g/mol. The molecule has 1 rings (SSSR count). The van der Waals surface area contributed by atoms with Crippen LogP contribution >= 0.6 is 20.3 Å². The van der Waals surface area contributed by atoms with E-state index in [2.05, 4.69) is 43.8 Å². The summed E-state index contributed by atoms with van der Waals surface area (Å²) in [4.78, 5) is 47.5. The lowest BCUT2D eigenvalue weighted by atomic mass is 9.97. The molecule has 1 aliphatic rings. The summed E-state index contributed by atoms with van der Waals surface area (Å²) in [6.45, 7) is 14.1. The Balaban J connectivity index is 2.78. The fraction of sp³-hybridized carbons (Fsp3) is 0.828. The molecule has 252 valence electrons. The maximum Gasteiger partial charge on any atom is 0.303 e. The molecule has 15 heteroatoms. The largest absolute Gasteiger partial charge is 0.463 e. The van der Waals surface area contributed by atoms with E-state index in [1.165, 1.54) is 39.5 Å². The zero-order valence-corrected chi connectivity index (χ0v) is 28.9. The highest BCUT2D eigenvalue weighted by atomic mass is 32.2. The molecule has 13 nitrogen and oxygen atoms in total. The topological polar surface area (TPSA) is 163 Å². The Labute approximate surface area is 267 Å². The van der Waals surface area contributed by atoms with Crippen LogP contribution in [0.4, 0.5) is 0 Å². The standard InChI is InChI=1S/C29H50N3O10PS/c1-19(2)32(20(3)4)43(39-16-13-14-30)38-15-11-9-10-12-17-44-29-26(31-21(5)33)28(41-24(8)36)27(40-23(7)35)25(42-29)18-37-22(6)34/h19-20,25-29H,9-13,15-18H2,1-8H3,(H,31,33). The molecule has 1 saturated heterocycles. The van der Waals surface area contributed by atoms with Crippen molar-refractivity contribution < 1.29 is 47.2 Å². The Bertz CT molecular complexity index is 943. The number of rotatable bonds is 20. The van der Waals surface area contributed by atoms with Crippen LogP contribution in [0.1, 0.15) is 87.5 Å². The van der Waals surface area contributed by atoms with Crippen molar-refractivity contribution in [2.75, 3.05) is 25.6 Å². The monoisotopic (exact) mass is 663 g/mol. The van der Waals surface area contributed by atoms with Gasteiger partial charge in [-0.3, -0.25) is 19.2 Å². The highest BCUT2D eigenvalue weighted by molar-refractivity contribution is 7.99. The lowest BCUT2D eigenvalue weighted by Crippen LogP contribution is -2.65. The first-order chi connectivity index (χ1) is 20.8. The summed E-state index contributed by atoms with van der Waals surface area (Å²) in [6, 6.07) is 1.77. The number of hydrogen-bond donors (Lipinski definition) is 1. The van der Waals surface area contributed by atoms with Crippen LogP contribution in [0.3, 0.4) is 0 Å². The number of nitrogens with one attached hydrogen (secondary N) is 1. The lowest BCUT2D eigenvalue weighted by Gasteiger charge is -2.45. The first kappa shape index (κ1) is 40.0. The number of carbonyl (C=O) groups is 4. The summed E-state index contributed by atoms with van der Waals surface area (Å²) in [5, 5.41) is 11.7. The number of hydrogen-bond acceptors (Lipinski definition) is 13. The van der Waals surface area contributed by atoms with E-state index in [0.29, 0.717) is 25.4 Å². The number of esters is 3. The van der Waals surface area contributed by atoms with E-state index < -0.39 is 56.2 Å². The average Bonchev–Trinajstić information content (AvgIpc) is 2.90. The van der Waals surface area contributed by atoms with Crippen LogP contribution in [0.25, 0.3) is 0 Å². The van der Waals surface area contributed by atoms with Gasteiger partial charge in [0.25, 0.3) is 8.53 Å². The van der Waals surface area contributed by atoms with Gasteiger partial charge in [-0.25, -0.2) is 4.67 Å². The van der Waals surface area contributed by atoms with E-state index in [9.17, 15) is 19.2 Å². The number of amides is 1. The normalized spacial score (nSPS) is 22.4. The van der Waals surface area contributed by atoms with Gasteiger partial charge < -0.3 is 33.3 Å². The molecule has 1 aliphatic heterocycles. The van der Waals surface area contributed by atoms with Gasteiger partial charge in [-0.2, -0.15) is 5.26 Å². The van der Waals surface area contributed by atoms with Crippen LogP contribution in [0.15, 0.2) is 0 Å². The van der Waals surface area contributed by atoms with Crippen molar-refractivity contribution in [2.24, 2.45) is 0 Å². The van der Waals surface area contributed by atoms with E-state index in [-0.39, 0.29) is 24.6 Å². The Morgan fingerprint density at radius 1 is 0.886 bits per heavy atom. The van der Waals surface area contributed by atoms with Crippen molar-refractivity contribution in [2.45, 2.75) is 129 Å². The van der Waals surface area contributed by atoms with Crippen LogP contribution in [0.5, 0.6) is 0 Å². The van der Waals surface area contributed by atoms with Gasteiger partial charge in [-0.1, -0.05) is 12.8 Å². The number of unbranched alkanes of at least 4 members (excludes halogenated alkanes) is 3. The van der Waals surface area contributed by atoms with Crippen molar-refractivity contribution in [3.8, 4) is 6.07 Å². The van der Waals surface area contributed by atoms with Gasteiger partial charge in [0.15, 0.2) is 12.2 Å². The Kier molecular flexibility index (Phi) is 19.7. The van der Waals surface area contributed by atoms with Gasteiger partial charge in [0.1, 0.15) is 24.2 Å². The van der Waals surface area contributed by atoms with Crippen LogP contribution in [0, 0.1) is 11.3 Å². The Morgan fingerprint density at radius 2 is 1.48 bits per heavy atom. The zero-order valence-electron chi connectivity index (χ0n) is 27.2. The molecule has 44 heavy (non-hydrogen) atoms. The zero-order chi connectivity index (χ0) is 33.2. The summed E-state index contributed by atoms with van der Waals surface area (Å²) >= 11 is 1.44. The number of carbonyl (C=O) groups excluding carboxylic acids is 4. The van der Waals surface area contributed by atoms with E-state index >= 15 is 0 Å². The number of nitriles is 1. The molecule has 0 aromatic carbocycles. The van der Waals surface area contributed by atoms with Gasteiger partial charge in [0.05, 0.1) is 25.7 Å². The van der Waals surface area contributed by atoms with Crippen molar-refractivity contribution in [1.29, 1.82) is 5.26 Å². The molecular formula is C29H50N3O10PS. The second-order valence-corrected chi connectivity index (χ2v) is 13.5. The SMILES string of the molecule is CC(=O)NC1C(SCCCCCCOP(OCCC#N)N(C(C)C)C(C)C)OC(COC(C)=O)C(OC(C)=O)C1OC(C)=O. The fourth-order valence-electron chi connectivity index (χ4n) is 4.65. The number of thioether (sulfide) groups is 1. The highest BCUT2D eigenvalue weighted by Crippen LogP contribution is 2.46. The predicted octanol–water partition coefficient (Wildman–Crippen LogP) is 4.23. The summed E-state index contributed by atoms with van der Waals surface area (Å²) in [5.74, 6) is -1.50. The van der Waals surface area contributed by atoms with Crippen molar-refractivity contribution in [3.05, 3.63) is 0 Å². The molecule has 0 saturated carbocycles. The Morgan fingerprint density at radius 3 is 2.02 bits per heavy atom. The molecular weight excluding hydrogens is 613 g/mol. The molecule has 0 radical (unpaired) electrons. The molecule has 6 atom stereocenters. The molecule has 1 N–H and O–H groups in total. The van der Waals surface area contributed by atoms with Crippen LogP contribution in [-0.2, 0) is 47.2 Å². The van der Waals surface area contributed by atoms with Gasteiger partial charge >= 0.3 is 17.9 Å². The second kappa shape index (κ2) is 21.7. The minimum atomic E-state index is -1.27. The van der Waals surface area contributed by atoms with E-state index in [1.54, 1.807) is 0 Å². The van der Waals surface area contributed by atoms with Crippen LogP contribution in [-0.4, -0.2) is 95.9 Å². The third-order valence-electron chi connectivity index (χ3n) is 6.26. The smallest absolute Gasteiger partial charge is 0.303 e. The third-order valence-corrected chi connectivity index (χ3v) is 9.62. The second-order valence-electron chi connectivity index (χ2n) is 10.9. The van der Waals surface area contributed by atoms with E-state index in [4.69, 9.17) is 33.3 Å². The van der Waals surface area contributed by atoms with Gasteiger partial charge in [0.2, 0.25) is 5.91 Å². The van der Waals surface area contributed by atoms with E-state index in [0.717, 1.165) is 25.7 Å². The molecule has 0 aliphatic carbocycles. The quantitative estimate of drug-likeness (QED) is 0.0853. The maximum absolute atomic E-state index is 12.1.